The smallest absolute Gasteiger partial charge is 0.291 e. The van der Waals surface area contributed by atoms with E-state index in [1.54, 1.807) is 16.8 Å². The van der Waals surface area contributed by atoms with Gasteiger partial charge in [-0.3, -0.25) is 9.69 Å². The number of hydrogen-bond acceptors (Lipinski definition) is 5. The number of rotatable bonds is 6. The van der Waals surface area contributed by atoms with E-state index < -0.39 is 0 Å². The van der Waals surface area contributed by atoms with Gasteiger partial charge < -0.3 is 10.2 Å². The summed E-state index contributed by atoms with van der Waals surface area (Å²) in [6, 6.07) is 7.60. The van der Waals surface area contributed by atoms with E-state index in [0.717, 1.165) is 31.9 Å². The van der Waals surface area contributed by atoms with Gasteiger partial charge in [-0.1, -0.05) is 25.4 Å². The van der Waals surface area contributed by atoms with Gasteiger partial charge in [0.05, 0.1) is 5.69 Å². The van der Waals surface area contributed by atoms with E-state index in [-0.39, 0.29) is 11.7 Å². The molecule has 2 heterocycles. The maximum atomic E-state index is 12.7. The molecule has 152 valence electrons. The van der Waals surface area contributed by atoms with Crippen molar-refractivity contribution in [3.63, 3.8) is 0 Å². The van der Waals surface area contributed by atoms with Gasteiger partial charge in [-0.15, -0.1) is 5.10 Å². The number of carbonyl (C=O) groups is 1. The van der Waals surface area contributed by atoms with E-state index in [1.165, 1.54) is 0 Å². The third kappa shape index (κ3) is 4.90. The highest BCUT2D eigenvalue weighted by molar-refractivity contribution is 6.30. The number of likely N-dealkylation sites (N-methyl/N-ethyl adjacent to an activating group) is 1. The van der Waals surface area contributed by atoms with Crippen LogP contribution in [-0.4, -0.2) is 76.3 Å². The molecule has 1 atom stereocenters. The Morgan fingerprint density at radius 1 is 1.18 bits per heavy atom. The number of hydrogen-bond donors (Lipinski definition) is 1. The van der Waals surface area contributed by atoms with Gasteiger partial charge in [0.25, 0.3) is 5.91 Å². The molecule has 1 fully saturated rings. The zero-order valence-corrected chi connectivity index (χ0v) is 17.8. The third-order valence-corrected chi connectivity index (χ3v) is 5.54. The Balaban J connectivity index is 1.65. The molecule has 2 aromatic rings. The number of aryl methyl sites for hydroxylation is 1. The highest BCUT2D eigenvalue weighted by atomic mass is 35.5. The topological polar surface area (TPSA) is 66.3 Å². The lowest BCUT2D eigenvalue weighted by molar-refractivity contribution is 0.0786. The first-order chi connectivity index (χ1) is 13.3. The van der Waals surface area contributed by atoms with Crippen molar-refractivity contribution in [3.05, 3.63) is 40.9 Å². The third-order valence-electron chi connectivity index (χ3n) is 5.29. The van der Waals surface area contributed by atoms with E-state index in [4.69, 9.17) is 11.6 Å². The molecule has 3 rings (SSSR count). The number of aromatic nitrogens is 3. The maximum Gasteiger partial charge on any atom is 0.291 e. The summed E-state index contributed by atoms with van der Waals surface area (Å²) in [7, 11) is 2.15. The number of halogens is 1. The lowest BCUT2D eigenvalue weighted by Gasteiger charge is -2.39. The standard InChI is InChI=1S/C20H29ClN6O/c1-14(2)18(26-11-9-25(4)10-12-26)13-22-20(28)19-23-15(3)27(24-19)17-7-5-16(21)6-8-17/h5-8,14,18H,9-13H2,1-4H3,(H,22,28). The van der Waals surface area contributed by atoms with Crippen LogP contribution in [0.2, 0.25) is 5.02 Å². The van der Waals surface area contributed by atoms with Crippen molar-refractivity contribution < 1.29 is 4.79 Å². The van der Waals surface area contributed by atoms with Crippen LogP contribution in [0, 0.1) is 12.8 Å². The fraction of sp³-hybridized carbons (Fsp3) is 0.550. The Hall–Kier alpha value is -1.96. The van der Waals surface area contributed by atoms with E-state index in [9.17, 15) is 4.79 Å². The van der Waals surface area contributed by atoms with Crippen molar-refractivity contribution in [2.45, 2.75) is 26.8 Å². The van der Waals surface area contributed by atoms with Gasteiger partial charge in [0, 0.05) is 43.8 Å². The van der Waals surface area contributed by atoms with Crippen molar-refractivity contribution in [3.8, 4) is 5.69 Å². The first-order valence-electron chi connectivity index (χ1n) is 9.75. The molecule has 0 radical (unpaired) electrons. The van der Waals surface area contributed by atoms with Crippen LogP contribution >= 0.6 is 11.6 Å². The summed E-state index contributed by atoms with van der Waals surface area (Å²) >= 11 is 5.95. The summed E-state index contributed by atoms with van der Waals surface area (Å²) in [5.74, 6) is 1.06. The minimum atomic E-state index is -0.240. The fourth-order valence-electron chi connectivity index (χ4n) is 3.53. The second-order valence-corrected chi connectivity index (χ2v) is 8.17. The molecule has 0 bridgehead atoms. The van der Waals surface area contributed by atoms with Crippen LogP contribution in [0.4, 0.5) is 0 Å². The molecule has 1 N–H and O–H groups in total. The van der Waals surface area contributed by atoms with Crippen LogP contribution in [0.3, 0.4) is 0 Å². The monoisotopic (exact) mass is 404 g/mol. The zero-order chi connectivity index (χ0) is 20.3. The number of nitrogens with zero attached hydrogens (tertiary/aromatic N) is 5. The minimum absolute atomic E-state index is 0.188. The summed E-state index contributed by atoms with van der Waals surface area (Å²) in [5.41, 5.74) is 0.825. The van der Waals surface area contributed by atoms with E-state index >= 15 is 0 Å². The van der Waals surface area contributed by atoms with Crippen LogP contribution in [-0.2, 0) is 0 Å². The Morgan fingerprint density at radius 3 is 2.43 bits per heavy atom. The molecule has 1 amide bonds. The summed E-state index contributed by atoms with van der Waals surface area (Å²) in [4.78, 5) is 21.8. The predicted octanol–water partition coefficient (Wildman–Crippen LogP) is 2.23. The molecule has 1 aliphatic heterocycles. The summed E-state index contributed by atoms with van der Waals surface area (Å²) in [6.07, 6.45) is 0. The average Bonchev–Trinajstić information content (AvgIpc) is 3.05. The van der Waals surface area contributed by atoms with E-state index in [1.807, 2.05) is 19.1 Å². The molecular weight excluding hydrogens is 376 g/mol. The molecular formula is C20H29ClN6O. The highest BCUT2D eigenvalue weighted by Gasteiger charge is 2.26. The van der Waals surface area contributed by atoms with Gasteiger partial charge in [-0.25, -0.2) is 9.67 Å². The normalized spacial score (nSPS) is 17.1. The SMILES string of the molecule is Cc1nc(C(=O)NCC(C(C)C)N2CCN(C)CC2)nn1-c1ccc(Cl)cc1. The fourth-order valence-corrected chi connectivity index (χ4v) is 3.66. The van der Waals surface area contributed by atoms with Gasteiger partial charge in [0.2, 0.25) is 5.82 Å². The van der Waals surface area contributed by atoms with Gasteiger partial charge in [-0.2, -0.15) is 0 Å². The lowest BCUT2D eigenvalue weighted by Crippen LogP contribution is -2.54. The van der Waals surface area contributed by atoms with Crippen LogP contribution in [0.5, 0.6) is 0 Å². The van der Waals surface area contributed by atoms with E-state index in [0.29, 0.717) is 29.4 Å². The molecule has 1 unspecified atom stereocenters. The van der Waals surface area contributed by atoms with Crippen molar-refractivity contribution >= 4 is 17.5 Å². The Bertz CT molecular complexity index is 796. The second-order valence-electron chi connectivity index (χ2n) is 7.73. The van der Waals surface area contributed by atoms with Crippen molar-refractivity contribution in [2.75, 3.05) is 39.8 Å². The molecule has 1 aromatic heterocycles. The molecule has 8 heteroatoms. The zero-order valence-electron chi connectivity index (χ0n) is 17.0. The predicted molar refractivity (Wildman–Crippen MR) is 111 cm³/mol. The van der Waals surface area contributed by atoms with Crippen LogP contribution in [0.15, 0.2) is 24.3 Å². The minimum Gasteiger partial charge on any atom is -0.348 e. The number of piperazine rings is 1. The lowest BCUT2D eigenvalue weighted by atomic mass is 10.0. The van der Waals surface area contributed by atoms with Crippen molar-refractivity contribution in [1.29, 1.82) is 0 Å². The molecule has 0 aliphatic carbocycles. The number of carbonyl (C=O) groups excluding carboxylic acids is 1. The van der Waals surface area contributed by atoms with Gasteiger partial charge in [0.15, 0.2) is 0 Å². The number of benzene rings is 1. The molecule has 7 nitrogen and oxygen atoms in total. The molecule has 1 aliphatic rings. The molecule has 0 saturated carbocycles. The highest BCUT2D eigenvalue weighted by Crippen LogP contribution is 2.15. The van der Waals surface area contributed by atoms with Crippen LogP contribution < -0.4 is 5.32 Å². The van der Waals surface area contributed by atoms with Gasteiger partial charge in [0.1, 0.15) is 5.82 Å². The van der Waals surface area contributed by atoms with Gasteiger partial charge >= 0.3 is 0 Å². The molecule has 28 heavy (non-hydrogen) atoms. The summed E-state index contributed by atoms with van der Waals surface area (Å²) in [5, 5.41) is 8.08. The van der Waals surface area contributed by atoms with E-state index in [2.05, 4.69) is 46.1 Å². The van der Waals surface area contributed by atoms with Crippen LogP contribution in [0.1, 0.15) is 30.3 Å². The first kappa shape index (κ1) is 20.8. The number of amides is 1. The summed E-state index contributed by atoms with van der Waals surface area (Å²) in [6.45, 7) is 11.0. The van der Waals surface area contributed by atoms with Crippen LogP contribution in [0.25, 0.3) is 5.69 Å². The Labute approximate surface area is 171 Å². The molecule has 1 aromatic carbocycles. The average molecular weight is 405 g/mol. The molecule has 1 saturated heterocycles. The van der Waals surface area contributed by atoms with Crippen molar-refractivity contribution in [2.24, 2.45) is 5.92 Å². The largest absolute Gasteiger partial charge is 0.348 e. The summed E-state index contributed by atoms with van der Waals surface area (Å²) < 4.78 is 1.66. The Kier molecular flexibility index (Phi) is 6.69. The second kappa shape index (κ2) is 9.03. The van der Waals surface area contributed by atoms with Gasteiger partial charge in [-0.05, 0) is 44.2 Å². The van der Waals surface area contributed by atoms with Crippen molar-refractivity contribution in [1.82, 2.24) is 29.9 Å². The Morgan fingerprint density at radius 2 is 1.82 bits per heavy atom. The first-order valence-corrected chi connectivity index (χ1v) is 10.1. The quantitative estimate of drug-likeness (QED) is 0.799. The maximum absolute atomic E-state index is 12.7. The number of nitrogens with one attached hydrogen (secondary N) is 1. The molecule has 0 spiro atoms.